The third kappa shape index (κ3) is 6.24. The number of benzene rings is 1. The van der Waals surface area contributed by atoms with Gasteiger partial charge in [-0.2, -0.15) is 0 Å². The Kier molecular flexibility index (Phi) is 8.25. The third-order valence-electron chi connectivity index (χ3n) is 6.55. The molecule has 1 aliphatic carbocycles. The molecule has 3 aromatic rings. The van der Waals surface area contributed by atoms with Crippen LogP contribution in [0.25, 0.3) is 0 Å². The summed E-state index contributed by atoms with van der Waals surface area (Å²) in [5, 5.41) is 5.75. The van der Waals surface area contributed by atoms with Crippen LogP contribution in [-0.2, 0) is 16.1 Å². The van der Waals surface area contributed by atoms with Gasteiger partial charge in [-0.05, 0) is 54.2 Å². The van der Waals surface area contributed by atoms with Crippen LogP contribution < -0.4 is 10.6 Å². The Morgan fingerprint density at radius 1 is 0.944 bits per heavy atom. The highest BCUT2D eigenvalue weighted by molar-refractivity contribution is 5.95. The van der Waals surface area contributed by atoms with Gasteiger partial charge in [0.1, 0.15) is 11.8 Å². The van der Waals surface area contributed by atoms with Crippen LogP contribution in [0.4, 0.5) is 0 Å². The summed E-state index contributed by atoms with van der Waals surface area (Å²) in [6, 6.07) is 13.6. The fourth-order valence-corrected chi connectivity index (χ4v) is 4.53. The highest BCUT2D eigenvalue weighted by Crippen LogP contribution is 2.27. The molecule has 1 saturated carbocycles. The zero-order chi connectivity index (χ0) is 25.5. The molecule has 1 fully saturated rings. The van der Waals surface area contributed by atoms with Crippen molar-refractivity contribution in [1.82, 2.24) is 15.5 Å². The topological polar surface area (TPSA) is 105 Å². The minimum absolute atomic E-state index is 0.0805. The molecule has 1 atom stereocenters. The van der Waals surface area contributed by atoms with Gasteiger partial charge in [0.2, 0.25) is 11.8 Å². The van der Waals surface area contributed by atoms with Gasteiger partial charge in [0, 0.05) is 6.04 Å². The van der Waals surface area contributed by atoms with Gasteiger partial charge in [0.25, 0.3) is 5.91 Å². The smallest absolute Gasteiger partial charge is 0.287 e. The lowest BCUT2D eigenvalue weighted by molar-refractivity contribution is -0.141. The number of carbonyl (C=O) groups is 3. The number of nitrogens with one attached hydrogen (secondary N) is 2. The van der Waals surface area contributed by atoms with Gasteiger partial charge in [-0.25, -0.2) is 0 Å². The second-order valence-electron chi connectivity index (χ2n) is 9.47. The number of rotatable bonds is 10. The van der Waals surface area contributed by atoms with Crippen molar-refractivity contribution in [3.05, 3.63) is 83.7 Å². The molecule has 0 saturated heterocycles. The van der Waals surface area contributed by atoms with Crippen molar-refractivity contribution in [1.29, 1.82) is 0 Å². The van der Waals surface area contributed by atoms with Crippen molar-refractivity contribution < 1.29 is 23.2 Å². The predicted octanol–water partition coefficient (Wildman–Crippen LogP) is 4.55. The van der Waals surface area contributed by atoms with Gasteiger partial charge >= 0.3 is 0 Å². The fraction of sp³-hybridized carbons (Fsp3) is 0.393. The molecule has 8 heteroatoms. The van der Waals surface area contributed by atoms with Crippen molar-refractivity contribution in [2.24, 2.45) is 0 Å². The van der Waals surface area contributed by atoms with E-state index in [-0.39, 0.29) is 30.8 Å². The van der Waals surface area contributed by atoms with Gasteiger partial charge in [0.15, 0.2) is 5.76 Å². The van der Waals surface area contributed by atoms with Gasteiger partial charge < -0.3 is 24.4 Å². The van der Waals surface area contributed by atoms with E-state index in [1.54, 1.807) is 18.2 Å². The molecule has 1 unspecified atom stereocenters. The Bertz CT molecular complexity index is 1130. The van der Waals surface area contributed by atoms with Gasteiger partial charge in [-0.1, -0.05) is 51.0 Å². The van der Waals surface area contributed by atoms with E-state index in [2.05, 4.69) is 24.5 Å². The van der Waals surface area contributed by atoms with Gasteiger partial charge in [0.05, 0.1) is 25.6 Å². The summed E-state index contributed by atoms with van der Waals surface area (Å²) in [6.07, 6.45) is 6.93. The Hall–Kier alpha value is -3.81. The lowest BCUT2D eigenvalue weighted by Crippen LogP contribution is -2.48. The van der Waals surface area contributed by atoms with Crippen LogP contribution in [-0.4, -0.2) is 35.2 Å². The molecule has 2 heterocycles. The largest absolute Gasteiger partial charge is 0.467 e. The standard InChI is InChI=1S/C28H33N3O5/c1-19(2)20-11-13-21(14-12-20)26(28(34)30-22-7-3-4-8-22)31(18-23-9-5-15-35-23)25(32)17-29-27(33)24-10-6-16-36-24/h5-6,9-16,19,22,26H,3-4,7-8,17-18H2,1-2H3,(H,29,33)(H,30,34). The van der Waals surface area contributed by atoms with Crippen molar-refractivity contribution in [2.75, 3.05) is 6.54 Å². The molecular weight excluding hydrogens is 458 g/mol. The van der Waals surface area contributed by atoms with Crippen molar-refractivity contribution in [3.63, 3.8) is 0 Å². The summed E-state index contributed by atoms with van der Waals surface area (Å²) in [7, 11) is 0. The second kappa shape index (κ2) is 11.7. The molecule has 8 nitrogen and oxygen atoms in total. The molecule has 2 aromatic heterocycles. The molecule has 0 spiro atoms. The maximum absolute atomic E-state index is 13.7. The first-order valence-corrected chi connectivity index (χ1v) is 12.5. The Labute approximate surface area is 211 Å². The number of nitrogens with zero attached hydrogens (tertiary/aromatic N) is 1. The SMILES string of the molecule is CC(C)c1ccc(C(C(=O)NC2CCCC2)N(Cc2ccco2)C(=O)CNC(=O)c2ccco2)cc1. The van der Waals surface area contributed by atoms with E-state index in [0.717, 1.165) is 31.2 Å². The van der Waals surface area contributed by atoms with Crippen LogP contribution in [0.3, 0.4) is 0 Å². The monoisotopic (exact) mass is 491 g/mol. The number of hydrogen-bond donors (Lipinski definition) is 2. The van der Waals surface area contributed by atoms with E-state index in [1.807, 2.05) is 24.3 Å². The Balaban J connectivity index is 1.62. The Morgan fingerprint density at radius 2 is 1.61 bits per heavy atom. The molecule has 0 radical (unpaired) electrons. The lowest BCUT2D eigenvalue weighted by Gasteiger charge is -2.32. The quantitative estimate of drug-likeness (QED) is 0.433. The average molecular weight is 492 g/mol. The van der Waals surface area contributed by atoms with Gasteiger partial charge in [-0.3, -0.25) is 14.4 Å². The minimum atomic E-state index is -0.884. The maximum atomic E-state index is 13.7. The number of hydrogen-bond acceptors (Lipinski definition) is 5. The van der Waals surface area contributed by atoms with Crippen molar-refractivity contribution in [2.45, 2.75) is 64.1 Å². The number of amides is 3. The predicted molar refractivity (Wildman–Crippen MR) is 134 cm³/mol. The summed E-state index contributed by atoms with van der Waals surface area (Å²) in [6.45, 7) is 4.00. The van der Waals surface area contributed by atoms with Crippen LogP contribution in [0, 0.1) is 0 Å². The van der Waals surface area contributed by atoms with Crippen LogP contribution in [0.15, 0.2) is 69.9 Å². The maximum Gasteiger partial charge on any atom is 0.287 e. The summed E-state index contributed by atoms with van der Waals surface area (Å²) in [4.78, 5) is 41.1. The van der Waals surface area contributed by atoms with Crippen molar-refractivity contribution >= 4 is 17.7 Å². The first kappa shape index (κ1) is 25.3. The molecule has 4 rings (SSSR count). The van der Waals surface area contributed by atoms with Crippen LogP contribution in [0.2, 0.25) is 0 Å². The Morgan fingerprint density at radius 3 is 2.22 bits per heavy atom. The van der Waals surface area contributed by atoms with E-state index >= 15 is 0 Å². The van der Waals surface area contributed by atoms with Crippen molar-refractivity contribution in [3.8, 4) is 0 Å². The van der Waals surface area contributed by atoms with E-state index in [1.165, 1.54) is 23.5 Å². The minimum Gasteiger partial charge on any atom is -0.467 e. The molecular formula is C28H33N3O5. The molecule has 190 valence electrons. The average Bonchev–Trinajstić information content (AvgIpc) is 3.66. The van der Waals surface area contributed by atoms with E-state index in [4.69, 9.17) is 8.83 Å². The molecule has 3 amide bonds. The number of carbonyl (C=O) groups excluding carboxylic acids is 3. The summed E-state index contributed by atoms with van der Waals surface area (Å²) < 4.78 is 10.6. The molecule has 0 bridgehead atoms. The van der Waals surface area contributed by atoms with Crippen LogP contribution >= 0.6 is 0 Å². The summed E-state index contributed by atoms with van der Waals surface area (Å²) in [5.41, 5.74) is 1.84. The second-order valence-corrected chi connectivity index (χ2v) is 9.47. The molecule has 1 aromatic carbocycles. The first-order chi connectivity index (χ1) is 17.4. The fourth-order valence-electron chi connectivity index (χ4n) is 4.53. The molecule has 1 aliphatic rings. The lowest BCUT2D eigenvalue weighted by atomic mass is 9.97. The molecule has 2 N–H and O–H groups in total. The van der Waals surface area contributed by atoms with Crippen LogP contribution in [0.1, 0.15) is 78.9 Å². The van der Waals surface area contributed by atoms with Crippen LogP contribution in [0.5, 0.6) is 0 Å². The third-order valence-corrected chi connectivity index (χ3v) is 6.55. The van der Waals surface area contributed by atoms with E-state index in [0.29, 0.717) is 17.2 Å². The highest BCUT2D eigenvalue weighted by Gasteiger charge is 2.34. The summed E-state index contributed by atoms with van der Waals surface area (Å²) in [5.74, 6) is -0.164. The molecule has 36 heavy (non-hydrogen) atoms. The number of furan rings is 2. The highest BCUT2D eigenvalue weighted by atomic mass is 16.3. The molecule has 0 aliphatic heterocycles. The zero-order valence-electron chi connectivity index (χ0n) is 20.7. The normalized spacial score (nSPS) is 14.5. The first-order valence-electron chi connectivity index (χ1n) is 12.5. The van der Waals surface area contributed by atoms with E-state index in [9.17, 15) is 14.4 Å². The van der Waals surface area contributed by atoms with Gasteiger partial charge in [-0.15, -0.1) is 0 Å². The summed E-state index contributed by atoms with van der Waals surface area (Å²) >= 11 is 0. The van der Waals surface area contributed by atoms with E-state index < -0.39 is 17.9 Å². The zero-order valence-corrected chi connectivity index (χ0v) is 20.7.